The van der Waals surface area contributed by atoms with E-state index in [1.54, 1.807) is 39.5 Å². The highest BCUT2D eigenvalue weighted by molar-refractivity contribution is 6.02. The lowest BCUT2D eigenvalue weighted by atomic mass is 10.1. The fourth-order valence-electron chi connectivity index (χ4n) is 3.53. The number of hydrogen-bond donors (Lipinski definition) is 1. The van der Waals surface area contributed by atoms with Crippen LogP contribution in [-0.2, 0) is 4.79 Å². The van der Waals surface area contributed by atoms with Gasteiger partial charge in [-0.3, -0.25) is 4.79 Å². The zero-order valence-electron chi connectivity index (χ0n) is 19.0. The summed E-state index contributed by atoms with van der Waals surface area (Å²) < 4.78 is 18.0. The van der Waals surface area contributed by atoms with Gasteiger partial charge in [0.25, 0.3) is 0 Å². The Morgan fingerprint density at radius 2 is 1.76 bits per heavy atom. The van der Waals surface area contributed by atoms with E-state index in [0.717, 1.165) is 28.0 Å². The molecule has 0 bridgehead atoms. The van der Waals surface area contributed by atoms with Gasteiger partial charge in [-0.25, -0.2) is 4.98 Å². The summed E-state index contributed by atoms with van der Waals surface area (Å²) in [5, 5.41) is 2.90. The Bertz CT molecular complexity index is 1320. The molecule has 0 aliphatic carbocycles. The van der Waals surface area contributed by atoms with Crippen molar-refractivity contribution in [2.75, 3.05) is 26.6 Å². The van der Waals surface area contributed by atoms with Gasteiger partial charge in [-0.15, -0.1) is 0 Å². The minimum Gasteiger partial charge on any atom is -0.493 e. The molecule has 4 aromatic rings. The van der Waals surface area contributed by atoms with Gasteiger partial charge in [-0.1, -0.05) is 12.1 Å². The molecule has 0 radical (unpaired) electrons. The average Bonchev–Trinajstić information content (AvgIpc) is 3.25. The van der Waals surface area contributed by atoms with E-state index in [4.69, 9.17) is 14.2 Å². The van der Waals surface area contributed by atoms with Crippen LogP contribution in [0.15, 0.2) is 67.0 Å². The van der Waals surface area contributed by atoms with Gasteiger partial charge < -0.3 is 23.9 Å². The number of anilines is 1. The van der Waals surface area contributed by atoms with Crippen LogP contribution in [0, 0.1) is 6.92 Å². The number of methoxy groups -OCH3 is 3. The van der Waals surface area contributed by atoms with Crippen molar-refractivity contribution in [2.45, 2.75) is 6.92 Å². The summed E-state index contributed by atoms with van der Waals surface area (Å²) in [5.74, 6) is 1.28. The number of imidazole rings is 1. The normalized spacial score (nSPS) is 11.0. The number of ether oxygens (including phenoxy) is 3. The number of nitrogens with zero attached hydrogens (tertiary/aromatic N) is 2. The Balaban J connectivity index is 1.51. The molecule has 2 aromatic carbocycles. The molecule has 0 spiro atoms. The third-order valence-corrected chi connectivity index (χ3v) is 5.16. The molecular formula is C26H25N3O4. The van der Waals surface area contributed by atoms with Crippen molar-refractivity contribution in [3.63, 3.8) is 0 Å². The molecule has 0 saturated heterocycles. The summed E-state index contributed by atoms with van der Waals surface area (Å²) in [6.45, 7) is 2.04. The number of pyridine rings is 1. The van der Waals surface area contributed by atoms with Gasteiger partial charge in [-0.05, 0) is 60.5 Å². The van der Waals surface area contributed by atoms with Gasteiger partial charge in [0, 0.05) is 29.7 Å². The molecule has 2 heterocycles. The largest absolute Gasteiger partial charge is 0.493 e. The fraction of sp³-hybridized carbons (Fsp3) is 0.154. The number of hydrogen-bond acceptors (Lipinski definition) is 5. The van der Waals surface area contributed by atoms with E-state index >= 15 is 0 Å². The van der Waals surface area contributed by atoms with Gasteiger partial charge in [0.1, 0.15) is 5.65 Å². The zero-order chi connectivity index (χ0) is 23.4. The predicted molar refractivity (Wildman–Crippen MR) is 129 cm³/mol. The molecule has 1 amide bonds. The minimum absolute atomic E-state index is 0.258. The lowest BCUT2D eigenvalue weighted by Gasteiger charge is -2.12. The second-order valence-corrected chi connectivity index (χ2v) is 7.46. The van der Waals surface area contributed by atoms with Crippen LogP contribution in [0.3, 0.4) is 0 Å². The average molecular weight is 444 g/mol. The van der Waals surface area contributed by atoms with Crippen molar-refractivity contribution in [1.29, 1.82) is 0 Å². The first-order valence-electron chi connectivity index (χ1n) is 10.4. The van der Waals surface area contributed by atoms with Crippen molar-refractivity contribution < 1.29 is 19.0 Å². The number of carbonyl (C=O) groups is 1. The molecule has 0 fully saturated rings. The van der Waals surface area contributed by atoms with E-state index in [0.29, 0.717) is 22.9 Å². The first-order valence-corrected chi connectivity index (χ1v) is 10.4. The number of nitrogens with one attached hydrogen (secondary N) is 1. The third-order valence-electron chi connectivity index (χ3n) is 5.16. The Hall–Kier alpha value is -4.26. The number of fused-ring (bicyclic) bond motifs is 1. The maximum atomic E-state index is 12.5. The number of carbonyl (C=O) groups excluding carboxylic acids is 1. The molecule has 0 aliphatic rings. The molecule has 0 atom stereocenters. The van der Waals surface area contributed by atoms with Crippen molar-refractivity contribution in [3.8, 4) is 28.5 Å². The van der Waals surface area contributed by atoms with Crippen molar-refractivity contribution in [1.82, 2.24) is 9.38 Å². The quantitative estimate of drug-likeness (QED) is 0.408. The van der Waals surface area contributed by atoms with Crippen LogP contribution in [0.5, 0.6) is 17.2 Å². The molecule has 7 heteroatoms. The van der Waals surface area contributed by atoms with Crippen molar-refractivity contribution in [2.24, 2.45) is 0 Å². The van der Waals surface area contributed by atoms with Crippen LogP contribution in [0.4, 0.5) is 5.69 Å². The molecule has 1 N–H and O–H groups in total. The maximum Gasteiger partial charge on any atom is 0.248 e. The standard InChI is InChI=1S/C26H25N3O4/c1-17-10-11-29-16-21(28-24(29)12-17)19-6-5-7-20(15-19)27-25(30)9-8-18-13-22(31-2)26(33-4)23(14-18)32-3/h5-16H,1-4H3,(H,27,30)/b9-8+. The number of aromatic nitrogens is 2. The molecule has 0 aliphatic heterocycles. The molecule has 7 nitrogen and oxygen atoms in total. The van der Waals surface area contributed by atoms with Gasteiger partial charge in [0.05, 0.1) is 27.0 Å². The van der Waals surface area contributed by atoms with Crippen LogP contribution in [-0.4, -0.2) is 36.6 Å². The van der Waals surface area contributed by atoms with Crippen LogP contribution in [0.2, 0.25) is 0 Å². The van der Waals surface area contributed by atoms with Gasteiger partial charge >= 0.3 is 0 Å². The Morgan fingerprint density at radius 1 is 1.00 bits per heavy atom. The fourth-order valence-corrected chi connectivity index (χ4v) is 3.53. The number of aryl methyl sites for hydroxylation is 1. The molecule has 0 saturated carbocycles. The molecule has 168 valence electrons. The first-order chi connectivity index (χ1) is 16.0. The molecule has 0 unspecified atom stereocenters. The van der Waals surface area contributed by atoms with E-state index in [2.05, 4.69) is 10.3 Å². The molecule has 4 rings (SSSR count). The van der Waals surface area contributed by atoms with E-state index in [1.165, 1.54) is 6.08 Å². The Morgan fingerprint density at radius 3 is 2.45 bits per heavy atom. The maximum absolute atomic E-state index is 12.5. The Kier molecular flexibility index (Phi) is 6.31. The molecule has 2 aromatic heterocycles. The minimum atomic E-state index is -0.258. The summed E-state index contributed by atoms with van der Waals surface area (Å²) in [6.07, 6.45) is 7.11. The zero-order valence-corrected chi connectivity index (χ0v) is 19.0. The van der Waals surface area contributed by atoms with Crippen LogP contribution < -0.4 is 19.5 Å². The van der Waals surface area contributed by atoms with Crippen molar-refractivity contribution >= 4 is 23.3 Å². The van der Waals surface area contributed by atoms with Gasteiger partial charge in [0.15, 0.2) is 11.5 Å². The highest BCUT2D eigenvalue weighted by Gasteiger charge is 2.12. The van der Waals surface area contributed by atoms with Crippen LogP contribution in [0.25, 0.3) is 23.0 Å². The van der Waals surface area contributed by atoms with E-state index in [1.807, 2.05) is 60.1 Å². The summed E-state index contributed by atoms with van der Waals surface area (Å²) in [4.78, 5) is 17.2. The molecular weight excluding hydrogens is 418 g/mol. The second kappa shape index (κ2) is 9.48. The van der Waals surface area contributed by atoms with Crippen LogP contribution in [0.1, 0.15) is 11.1 Å². The molecule has 33 heavy (non-hydrogen) atoms. The van der Waals surface area contributed by atoms with E-state index < -0.39 is 0 Å². The van der Waals surface area contributed by atoms with E-state index in [-0.39, 0.29) is 5.91 Å². The van der Waals surface area contributed by atoms with Gasteiger partial charge in [0.2, 0.25) is 11.7 Å². The summed E-state index contributed by atoms with van der Waals surface area (Å²) >= 11 is 0. The monoisotopic (exact) mass is 443 g/mol. The summed E-state index contributed by atoms with van der Waals surface area (Å²) in [7, 11) is 4.65. The van der Waals surface area contributed by atoms with Crippen LogP contribution >= 0.6 is 0 Å². The van der Waals surface area contributed by atoms with E-state index in [9.17, 15) is 4.79 Å². The summed E-state index contributed by atoms with van der Waals surface area (Å²) in [6, 6.07) is 15.2. The number of rotatable bonds is 7. The summed E-state index contributed by atoms with van der Waals surface area (Å²) in [5.41, 5.74) is 5.22. The lowest BCUT2D eigenvalue weighted by Crippen LogP contribution is -2.07. The highest BCUT2D eigenvalue weighted by atomic mass is 16.5. The lowest BCUT2D eigenvalue weighted by molar-refractivity contribution is -0.111. The third kappa shape index (κ3) is 4.82. The Labute approximate surface area is 192 Å². The number of amides is 1. The predicted octanol–water partition coefficient (Wildman–Crippen LogP) is 4.99. The SMILES string of the molecule is COc1cc(/C=C/C(=O)Nc2cccc(-c3cn4ccc(C)cc4n3)c2)cc(OC)c1OC. The topological polar surface area (TPSA) is 74.1 Å². The number of benzene rings is 2. The van der Waals surface area contributed by atoms with Crippen molar-refractivity contribution in [3.05, 3.63) is 78.1 Å². The highest BCUT2D eigenvalue weighted by Crippen LogP contribution is 2.38. The first kappa shape index (κ1) is 22.0. The van der Waals surface area contributed by atoms with Gasteiger partial charge in [-0.2, -0.15) is 0 Å². The second-order valence-electron chi connectivity index (χ2n) is 7.46. The smallest absolute Gasteiger partial charge is 0.248 e.